The van der Waals surface area contributed by atoms with Crippen LogP contribution in [0.1, 0.15) is 27.2 Å². The summed E-state index contributed by atoms with van der Waals surface area (Å²) < 4.78 is 20.1. The summed E-state index contributed by atoms with van der Waals surface area (Å²) in [5.41, 5.74) is 0. The predicted octanol–water partition coefficient (Wildman–Crippen LogP) is -0.646. The Morgan fingerprint density at radius 2 is 1.33 bits per heavy atom. The van der Waals surface area contributed by atoms with Crippen molar-refractivity contribution in [2.24, 2.45) is 0 Å². The summed E-state index contributed by atoms with van der Waals surface area (Å²) >= 11 is 0. The van der Waals surface area contributed by atoms with Gasteiger partial charge in [0.1, 0.15) is 12.2 Å². The lowest BCUT2D eigenvalue weighted by molar-refractivity contribution is -0.167. The van der Waals surface area contributed by atoms with Gasteiger partial charge in [-0.15, -0.1) is 0 Å². The molecule has 21 heavy (non-hydrogen) atoms. The molecule has 8 heteroatoms. The molecule has 0 aromatic heterocycles. The Balaban J connectivity index is 2.82. The van der Waals surface area contributed by atoms with Crippen molar-refractivity contribution in [3.05, 3.63) is 0 Å². The van der Waals surface area contributed by atoms with Crippen molar-refractivity contribution in [2.75, 3.05) is 13.2 Å². The van der Waals surface area contributed by atoms with E-state index in [2.05, 4.69) is 0 Å². The first-order valence-corrected chi connectivity index (χ1v) is 6.96. The molecule has 1 fully saturated rings. The highest BCUT2D eigenvalue weighted by molar-refractivity contribution is 5.77. The Bertz CT molecular complexity index is 326. The Labute approximate surface area is 122 Å². The number of ether oxygens (including phenoxy) is 4. The lowest BCUT2D eigenvalue weighted by Gasteiger charge is -2.23. The van der Waals surface area contributed by atoms with Crippen LogP contribution in [0.15, 0.2) is 0 Å². The Hall–Kier alpha value is -1.22. The van der Waals surface area contributed by atoms with Crippen LogP contribution in [0.5, 0.6) is 0 Å². The fourth-order valence-corrected chi connectivity index (χ4v) is 1.96. The molecule has 0 amide bonds. The molecule has 1 rings (SSSR count). The maximum Gasteiger partial charge on any atom is 0.337 e. The third kappa shape index (κ3) is 4.37. The molecule has 0 aliphatic carbocycles. The first kappa shape index (κ1) is 17.8. The van der Waals surface area contributed by atoms with E-state index in [1.165, 1.54) is 0 Å². The summed E-state index contributed by atoms with van der Waals surface area (Å²) in [4.78, 5) is 23.2. The van der Waals surface area contributed by atoms with Gasteiger partial charge in [0.05, 0.1) is 13.2 Å². The average Bonchev–Trinajstić information content (AvgIpc) is 2.90. The molecule has 2 N–H and O–H groups in total. The second-order valence-electron chi connectivity index (χ2n) is 4.43. The molecular weight excluding hydrogens is 284 g/mol. The van der Waals surface area contributed by atoms with Gasteiger partial charge in [-0.1, -0.05) is 6.92 Å². The molecule has 5 atom stereocenters. The fraction of sp³-hybridized carbons (Fsp3) is 0.846. The van der Waals surface area contributed by atoms with Crippen molar-refractivity contribution in [1.29, 1.82) is 0 Å². The molecular formula is C13H22O8. The lowest BCUT2D eigenvalue weighted by atomic mass is 10.0. The summed E-state index contributed by atoms with van der Waals surface area (Å²) in [6.45, 7) is 5.13. The third-order valence-electron chi connectivity index (χ3n) is 2.95. The van der Waals surface area contributed by atoms with E-state index in [1.807, 2.05) is 0 Å². The van der Waals surface area contributed by atoms with Gasteiger partial charge < -0.3 is 29.2 Å². The topological polar surface area (TPSA) is 112 Å². The molecule has 0 saturated carbocycles. The van der Waals surface area contributed by atoms with Crippen molar-refractivity contribution in [3.8, 4) is 0 Å². The summed E-state index contributed by atoms with van der Waals surface area (Å²) in [6.07, 6.45) is -6.01. The molecule has 0 spiro atoms. The van der Waals surface area contributed by atoms with Crippen molar-refractivity contribution in [1.82, 2.24) is 0 Å². The second-order valence-corrected chi connectivity index (χ2v) is 4.43. The van der Waals surface area contributed by atoms with Crippen LogP contribution in [0.4, 0.5) is 0 Å². The molecule has 0 radical (unpaired) electrons. The van der Waals surface area contributed by atoms with E-state index >= 15 is 0 Å². The third-order valence-corrected chi connectivity index (χ3v) is 2.95. The first-order chi connectivity index (χ1) is 9.96. The second kappa shape index (κ2) is 8.28. The Morgan fingerprint density at radius 3 is 1.62 bits per heavy atom. The Morgan fingerprint density at radius 1 is 0.952 bits per heavy atom. The largest absolute Gasteiger partial charge is 0.464 e. The number of esters is 2. The van der Waals surface area contributed by atoms with Crippen LogP contribution >= 0.6 is 0 Å². The van der Waals surface area contributed by atoms with Gasteiger partial charge in [0.25, 0.3) is 0 Å². The first-order valence-electron chi connectivity index (χ1n) is 6.96. The van der Waals surface area contributed by atoms with Crippen LogP contribution in [0.2, 0.25) is 0 Å². The monoisotopic (exact) mass is 306 g/mol. The number of aliphatic hydroxyl groups is 2. The number of carbonyl (C=O) groups is 2. The average molecular weight is 306 g/mol. The molecule has 1 aliphatic rings. The minimum absolute atomic E-state index is 0.0891. The van der Waals surface area contributed by atoms with Gasteiger partial charge in [-0.05, 0) is 20.3 Å². The zero-order chi connectivity index (χ0) is 16.0. The number of hydrogen-bond acceptors (Lipinski definition) is 8. The van der Waals surface area contributed by atoms with E-state index in [0.717, 1.165) is 0 Å². The van der Waals surface area contributed by atoms with E-state index in [1.54, 1.807) is 20.8 Å². The van der Waals surface area contributed by atoms with E-state index in [-0.39, 0.29) is 13.2 Å². The van der Waals surface area contributed by atoms with Gasteiger partial charge >= 0.3 is 11.9 Å². The van der Waals surface area contributed by atoms with E-state index in [0.29, 0.717) is 6.42 Å². The molecule has 8 nitrogen and oxygen atoms in total. The standard InChI is InChI=1S/C13H22O8/c1-4-7-20-10(8(14)12(16)18-5-2)11(21-7)9(15)13(17)19-6-3/h7-11,14-15H,4-6H2,1-3H3/t7?,8-,9+,10-,11+. The van der Waals surface area contributed by atoms with Gasteiger partial charge in [-0.2, -0.15) is 0 Å². The normalized spacial score (nSPS) is 28.0. The molecule has 1 heterocycles. The predicted molar refractivity (Wildman–Crippen MR) is 69.1 cm³/mol. The van der Waals surface area contributed by atoms with Crippen molar-refractivity contribution in [3.63, 3.8) is 0 Å². The highest BCUT2D eigenvalue weighted by atomic mass is 16.7. The van der Waals surface area contributed by atoms with E-state index in [9.17, 15) is 19.8 Å². The molecule has 1 unspecified atom stereocenters. The Kier molecular flexibility index (Phi) is 7.03. The van der Waals surface area contributed by atoms with Crippen molar-refractivity contribution in [2.45, 2.75) is 57.9 Å². The minimum Gasteiger partial charge on any atom is -0.464 e. The molecule has 1 aliphatic heterocycles. The van der Waals surface area contributed by atoms with Crippen LogP contribution in [0.25, 0.3) is 0 Å². The summed E-state index contributed by atoms with van der Waals surface area (Å²) in [5.74, 6) is -1.80. The zero-order valence-electron chi connectivity index (χ0n) is 12.4. The van der Waals surface area contributed by atoms with Gasteiger partial charge in [0.2, 0.25) is 0 Å². The quantitative estimate of drug-likeness (QED) is 0.597. The van der Waals surface area contributed by atoms with Gasteiger partial charge in [0.15, 0.2) is 18.5 Å². The maximum absolute atomic E-state index is 11.6. The van der Waals surface area contributed by atoms with Crippen LogP contribution in [-0.4, -0.2) is 66.1 Å². The molecule has 0 aromatic rings. The summed E-state index contributed by atoms with van der Waals surface area (Å²) in [7, 11) is 0. The molecule has 0 aromatic carbocycles. The van der Waals surface area contributed by atoms with Gasteiger partial charge in [-0.25, -0.2) is 9.59 Å². The van der Waals surface area contributed by atoms with Crippen LogP contribution in [-0.2, 0) is 28.5 Å². The number of carbonyl (C=O) groups excluding carboxylic acids is 2. The minimum atomic E-state index is -1.66. The summed E-state index contributed by atoms with van der Waals surface area (Å²) in [5, 5.41) is 19.9. The zero-order valence-corrected chi connectivity index (χ0v) is 12.4. The van der Waals surface area contributed by atoms with Crippen LogP contribution in [0.3, 0.4) is 0 Å². The highest BCUT2D eigenvalue weighted by Crippen LogP contribution is 2.27. The number of rotatable bonds is 7. The number of aliphatic hydroxyl groups excluding tert-OH is 2. The smallest absolute Gasteiger partial charge is 0.337 e. The SMILES string of the molecule is CCOC(=O)[C@@H](O)[C@@H]1OC(CC)O[C@@H]1[C@@H](O)C(=O)OCC. The van der Waals surface area contributed by atoms with Crippen LogP contribution in [0, 0.1) is 0 Å². The summed E-state index contributed by atoms with van der Waals surface area (Å²) in [6, 6.07) is 0. The fourth-order valence-electron chi connectivity index (χ4n) is 1.96. The molecule has 122 valence electrons. The van der Waals surface area contributed by atoms with Crippen LogP contribution < -0.4 is 0 Å². The van der Waals surface area contributed by atoms with E-state index < -0.39 is 42.6 Å². The van der Waals surface area contributed by atoms with Crippen molar-refractivity contribution < 1.29 is 38.7 Å². The van der Waals surface area contributed by atoms with E-state index in [4.69, 9.17) is 18.9 Å². The van der Waals surface area contributed by atoms with Gasteiger partial charge in [0, 0.05) is 0 Å². The molecule has 0 bridgehead atoms. The van der Waals surface area contributed by atoms with Crippen molar-refractivity contribution >= 4 is 11.9 Å². The highest BCUT2D eigenvalue weighted by Gasteiger charge is 2.49. The lowest BCUT2D eigenvalue weighted by Crippen LogP contribution is -2.49. The maximum atomic E-state index is 11.6. The molecule has 1 saturated heterocycles. The number of hydrogen-bond donors (Lipinski definition) is 2. The van der Waals surface area contributed by atoms with Gasteiger partial charge in [-0.3, -0.25) is 0 Å².